The molecule has 1 aromatic heterocycles. The number of anilines is 1. The van der Waals surface area contributed by atoms with Crippen molar-refractivity contribution in [1.29, 1.82) is 0 Å². The van der Waals surface area contributed by atoms with Gasteiger partial charge >= 0.3 is 0 Å². The van der Waals surface area contributed by atoms with E-state index >= 15 is 0 Å². The van der Waals surface area contributed by atoms with Gasteiger partial charge in [-0.1, -0.05) is 6.07 Å². The molecule has 158 valence electrons. The van der Waals surface area contributed by atoms with Gasteiger partial charge in [0.25, 0.3) is 11.5 Å². The molecule has 2 heterocycles. The Balaban J connectivity index is 1.56. The maximum atomic E-state index is 13.4. The Kier molecular flexibility index (Phi) is 4.73. The molecule has 0 bridgehead atoms. The van der Waals surface area contributed by atoms with Gasteiger partial charge in [-0.3, -0.25) is 14.2 Å². The van der Waals surface area contributed by atoms with Gasteiger partial charge in [0.2, 0.25) is 0 Å². The lowest BCUT2D eigenvalue weighted by Gasteiger charge is -2.29. The summed E-state index contributed by atoms with van der Waals surface area (Å²) >= 11 is 0. The molecule has 0 saturated heterocycles. The maximum absolute atomic E-state index is 13.4. The molecule has 1 aliphatic heterocycles. The summed E-state index contributed by atoms with van der Waals surface area (Å²) in [4.78, 5) is 34.7. The first kappa shape index (κ1) is 19.4. The first-order chi connectivity index (χ1) is 15.0. The lowest BCUT2D eigenvalue weighted by Crippen LogP contribution is -2.32. The van der Waals surface area contributed by atoms with Gasteiger partial charge in [-0.05, 0) is 55.7 Å². The van der Waals surface area contributed by atoms with Crippen LogP contribution in [0.4, 0.5) is 5.69 Å². The average Bonchev–Trinajstić information content (AvgIpc) is 3.59. The lowest BCUT2D eigenvalue weighted by molar-refractivity contribution is 0.0951. The van der Waals surface area contributed by atoms with E-state index in [0.717, 1.165) is 37.2 Å². The summed E-state index contributed by atoms with van der Waals surface area (Å²) < 4.78 is 1.54. The second-order valence-electron chi connectivity index (χ2n) is 8.34. The fourth-order valence-corrected chi connectivity index (χ4v) is 3.79. The summed E-state index contributed by atoms with van der Waals surface area (Å²) in [6, 6.07) is 11.5. The Labute approximate surface area is 180 Å². The van der Waals surface area contributed by atoms with Crippen LogP contribution in [0.1, 0.15) is 28.8 Å². The van der Waals surface area contributed by atoms with E-state index in [9.17, 15) is 9.59 Å². The molecule has 1 N–H and O–H groups in total. The minimum absolute atomic E-state index is 0.102. The molecule has 0 radical (unpaired) electrons. The lowest BCUT2D eigenvalue weighted by atomic mass is 10.1. The van der Waals surface area contributed by atoms with Crippen LogP contribution < -0.4 is 15.8 Å². The van der Waals surface area contributed by atoms with E-state index in [0.29, 0.717) is 22.2 Å². The third-order valence-corrected chi connectivity index (χ3v) is 5.91. The van der Waals surface area contributed by atoms with Crippen molar-refractivity contribution in [1.82, 2.24) is 19.8 Å². The zero-order valence-electron chi connectivity index (χ0n) is 17.7. The highest BCUT2D eigenvalue weighted by molar-refractivity contribution is 5.95. The smallest absolute Gasteiger partial charge is 0.265 e. The van der Waals surface area contributed by atoms with Crippen molar-refractivity contribution in [3.63, 3.8) is 0 Å². The number of rotatable bonds is 4. The maximum Gasteiger partial charge on any atom is 0.265 e. The standard InChI is InChI=1S/C24H25N5O2/c1-16-3-4-17(23(30)26-18-5-6-18)13-22(16)29-15-25-21-8-7-19(14-20(21)24(29)31)28-11-9-27(2)10-12-28/h3-4,7-9,11,13-15,18H,5-6,10,12H2,1-2H3,(H,26,30). The van der Waals surface area contributed by atoms with E-state index in [1.54, 1.807) is 18.5 Å². The summed E-state index contributed by atoms with van der Waals surface area (Å²) in [5.74, 6) is -0.102. The van der Waals surface area contributed by atoms with E-state index in [1.807, 2.05) is 50.6 Å². The molecule has 7 heteroatoms. The predicted molar refractivity (Wildman–Crippen MR) is 122 cm³/mol. The molecule has 1 fully saturated rings. The number of amides is 1. The summed E-state index contributed by atoms with van der Waals surface area (Å²) in [6.07, 6.45) is 7.65. The third-order valence-electron chi connectivity index (χ3n) is 5.91. The molecule has 2 aromatic carbocycles. The number of aryl methyl sites for hydroxylation is 1. The van der Waals surface area contributed by atoms with Crippen LogP contribution >= 0.6 is 0 Å². The van der Waals surface area contributed by atoms with Gasteiger partial charge in [-0.2, -0.15) is 0 Å². The van der Waals surface area contributed by atoms with Gasteiger partial charge in [0, 0.05) is 49.8 Å². The second kappa shape index (κ2) is 7.58. The second-order valence-corrected chi connectivity index (χ2v) is 8.34. The Morgan fingerprint density at radius 3 is 2.68 bits per heavy atom. The molecule has 7 nitrogen and oxygen atoms in total. The number of likely N-dealkylation sites (N-methyl/N-ethyl adjacent to an activating group) is 1. The van der Waals surface area contributed by atoms with Gasteiger partial charge in [0.15, 0.2) is 0 Å². The quantitative estimate of drug-likeness (QED) is 0.710. The van der Waals surface area contributed by atoms with Gasteiger partial charge in [-0.15, -0.1) is 0 Å². The van der Waals surface area contributed by atoms with E-state index in [4.69, 9.17) is 0 Å². The molecule has 1 saturated carbocycles. The van der Waals surface area contributed by atoms with Crippen molar-refractivity contribution < 1.29 is 4.79 Å². The molecule has 3 aromatic rings. The van der Waals surface area contributed by atoms with Crippen LogP contribution in [0, 0.1) is 6.92 Å². The number of benzene rings is 2. The Morgan fingerprint density at radius 2 is 1.94 bits per heavy atom. The van der Waals surface area contributed by atoms with Gasteiger partial charge in [-0.25, -0.2) is 4.98 Å². The van der Waals surface area contributed by atoms with Crippen LogP contribution in [-0.2, 0) is 0 Å². The molecular formula is C24H25N5O2. The van der Waals surface area contributed by atoms with Crippen LogP contribution in [0.2, 0.25) is 0 Å². The minimum Gasteiger partial charge on any atom is -0.377 e. The molecule has 5 rings (SSSR count). The van der Waals surface area contributed by atoms with Crippen LogP contribution in [0.3, 0.4) is 0 Å². The van der Waals surface area contributed by atoms with Crippen LogP contribution in [-0.4, -0.2) is 46.5 Å². The number of fused-ring (bicyclic) bond motifs is 1. The van der Waals surface area contributed by atoms with Crippen LogP contribution in [0.25, 0.3) is 16.6 Å². The molecule has 0 atom stereocenters. The topological polar surface area (TPSA) is 70.5 Å². The molecule has 0 unspecified atom stereocenters. The highest BCUT2D eigenvalue weighted by atomic mass is 16.1. The highest BCUT2D eigenvalue weighted by Crippen LogP contribution is 2.23. The van der Waals surface area contributed by atoms with Gasteiger partial charge in [0.05, 0.1) is 16.6 Å². The number of nitrogens with zero attached hydrogens (tertiary/aromatic N) is 4. The van der Waals surface area contributed by atoms with Crippen molar-refractivity contribution >= 4 is 22.5 Å². The van der Waals surface area contributed by atoms with E-state index in [1.165, 1.54) is 4.57 Å². The number of carbonyl (C=O) groups is 1. The summed E-state index contributed by atoms with van der Waals surface area (Å²) in [5, 5.41) is 3.56. The van der Waals surface area contributed by atoms with Crippen molar-refractivity contribution in [2.24, 2.45) is 0 Å². The molecule has 1 aliphatic carbocycles. The predicted octanol–water partition coefficient (Wildman–Crippen LogP) is 2.81. The molecule has 2 aliphatic rings. The highest BCUT2D eigenvalue weighted by Gasteiger charge is 2.24. The monoisotopic (exact) mass is 415 g/mol. The summed E-state index contributed by atoms with van der Waals surface area (Å²) in [6.45, 7) is 3.70. The van der Waals surface area contributed by atoms with Crippen LogP contribution in [0.15, 0.2) is 59.9 Å². The third kappa shape index (κ3) is 3.79. The number of nitrogens with one attached hydrogen (secondary N) is 1. The van der Waals surface area contributed by atoms with Crippen molar-refractivity contribution in [2.45, 2.75) is 25.8 Å². The van der Waals surface area contributed by atoms with Crippen molar-refractivity contribution in [3.8, 4) is 5.69 Å². The van der Waals surface area contributed by atoms with Gasteiger partial charge < -0.3 is 15.1 Å². The minimum atomic E-state index is -0.146. The van der Waals surface area contributed by atoms with Gasteiger partial charge in [0.1, 0.15) is 6.33 Å². The Hall–Kier alpha value is -3.61. The van der Waals surface area contributed by atoms with Crippen molar-refractivity contribution in [2.75, 3.05) is 25.0 Å². The SMILES string of the molecule is Cc1ccc(C(=O)NC2CC2)cc1-n1cnc2ccc(N3C=CN(C)CC3)cc2c1=O. The largest absolute Gasteiger partial charge is 0.377 e. The number of aromatic nitrogens is 2. The molecule has 0 spiro atoms. The molecular weight excluding hydrogens is 390 g/mol. The summed E-state index contributed by atoms with van der Waals surface area (Å²) in [5.41, 5.74) is 3.60. The molecule has 31 heavy (non-hydrogen) atoms. The Bertz CT molecular complexity index is 1260. The van der Waals surface area contributed by atoms with Crippen molar-refractivity contribution in [3.05, 3.63) is 76.6 Å². The van der Waals surface area contributed by atoms with E-state index < -0.39 is 0 Å². The van der Waals surface area contributed by atoms with Crippen LogP contribution in [0.5, 0.6) is 0 Å². The summed E-state index contributed by atoms with van der Waals surface area (Å²) in [7, 11) is 2.04. The zero-order chi connectivity index (χ0) is 21.5. The number of carbonyl (C=O) groups excluding carboxylic acids is 1. The normalized spacial score (nSPS) is 16.1. The first-order valence-electron chi connectivity index (χ1n) is 10.6. The number of hydrogen-bond donors (Lipinski definition) is 1. The molecule has 1 amide bonds. The zero-order valence-corrected chi connectivity index (χ0v) is 17.7. The fourth-order valence-electron chi connectivity index (χ4n) is 3.79. The Morgan fingerprint density at radius 1 is 1.10 bits per heavy atom. The first-order valence-corrected chi connectivity index (χ1v) is 10.6. The van der Waals surface area contributed by atoms with E-state index in [-0.39, 0.29) is 17.5 Å². The number of hydrogen-bond acceptors (Lipinski definition) is 5. The van der Waals surface area contributed by atoms with E-state index in [2.05, 4.69) is 20.1 Å². The average molecular weight is 415 g/mol. The fraction of sp³-hybridized carbons (Fsp3) is 0.292.